The van der Waals surface area contributed by atoms with E-state index in [1.165, 1.54) is 13.8 Å². The zero-order valence-corrected chi connectivity index (χ0v) is 16.2. The van der Waals surface area contributed by atoms with E-state index in [0.717, 1.165) is 11.8 Å². The molecule has 3 aliphatic heterocycles. The Morgan fingerprint density at radius 3 is 2.66 bits per heavy atom. The first-order valence-corrected chi connectivity index (χ1v) is 9.16. The molecule has 0 saturated carbocycles. The molecular formula is C19H21N3O7. The number of rotatable bonds is 4. The van der Waals surface area contributed by atoms with Gasteiger partial charge in [0, 0.05) is 19.4 Å². The zero-order valence-electron chi connectivity index (χ0n) is 16.2. The molecule has 3 heterocycles. The second-order valence-corrected chi connectivity index (χ2v) is 7.48. The molecule has 0 radical (unpaired) electrons. The van der Waals surface area contributed by atoms with Crippen LogP contribution in [0, 0.1) is 6.92 Å². The maximum absolute atomic E-state index is 12.2. The number of hydrogen-bond acceptors (Lipinski definition) is 8. The second kappa shape index (κ2) is 6.45. The molecule has 4 atom stereocenters. The fraction of sp³-hybridized carbons (Fsp3) is 0.474. The molecule has 3 aliphatic rings. The van der Waals surface area contributed by atoms with Gasteiger partial charge >= 0.3 is 12.1 Å². The van der Waals surface area contributed by atoms with Gasteiger partial charge in [-0.05, 0) is 30.2 Å². The van der Waals surface area contributed by atoms with Crippen LogP contribution in [0.3, 0.4) is 0 Å². The summed E-state index contributed by atoms with van der Waals surface area (Å²) in [6, 6.07) is 2.58. The van der Waals surface area contributed by atoms with E-state index < -0.39 is 29.8 Å². The summed E-state index contributed by atoms with van der Waals surface area (Å²) in [5, 5.41) is 1.54. The molecule has 154 valence electrons. The Hall–Kier alpha value is -3.14. The summed E-state index contributed by atoms with van der Waals surface area (Å²) >= 11 is 0. The number of hydrogen-bond donors (Lipinski definition) is 1. The van der Waals surface area contributed by atoms with Crippen molar-refractivity contribution < 1.29 is 33.5 Å². The van der Waals surface area contributed by atoms with Gasteiger partial charge in [0.15, 0.2) is 0 Å². The molecule has 29 heavy (non-hydrogen) atoms. The number of benzene rings is 1. The van der Waals surface area contributed by atoms with E-state index in [4.69, 9.17) is 20.0 Å². The Bertz CT molecular complexity index is 933. The van der Waals surface area contributed by atoms with Crippen LogP contribution in [-0.4, -0.2) is 60.2 Å². The number of primary amides is 1. The standard InChI is InChI=1S/C19H21N3O7/c1-9-4-12(7-23)5-14-16(9)13(8-27-18(20)26)19(28-11(3)25)17-15(6-21(14)29-19)22(17)10(2)24/h4-5,7,13,15,17H,6,8H2,1-3H3,(H2,20,26). The molecule has 2 amide bonds. The molecule has 10 heteroatoms. The molecule has 0 spiro atoms. The summed E-state index contributed by atoms with van der Waals surface area (Å²) in [5.74, 6) is -3.11. The van der Waals surface area contributed by atoms with Crippen LogP contribution in [0.5, 0.6) is 0 Å². The van der Waals surface area contributed by atoms with Crippen molar-refractivity contribution in [3.05, 3.63) is 28.8 Å². The number of esters is 1. The number of aldehydes is 1. The van der Waals surface area contributed by atoms with Crippen molar-refractivity contribution in [2.45, 2.75) is 44.6 Å². The second-order valence-electron chi connectivity index (χ2n) is 7.48. The predicted molar refractivity (Wildman–Crippen MR) is 97.9 cm³/mol. The van der Waals surface area contributed by atoms with Gasteiger partial charge in [-0.1, -0.05) is 0 Å². The van der Waals surface area contributed by atoms with Gasteiger partial charge in [-0.25, -0.2) is 14.7 Å². The average molecular weight is 403 g/mol. The molecule has 2 fully saturated rings. The van der Waals surface area contributed by atoms with Crippen LogP contribution >= 0.6 is 0 Å². The Balaban J connectivity index is 1.91. The van der Waals surface area contributed by atoms with Gasteiger partial charge in [0.2, 0.25) is 5.91 Å². The number of carbonyl (C=O) groups excluding carboxylic acids is 4. The van der Waals surface area contributed by atoms with E-state index in [-0.39, 0.29) is 18.6 Å². The van der Waals surface area contributed by atoms with Crippen molar-refractivity contribution >= 4 is 29.9 Å². The van der Waals surface area contributed by atoms with Crippen molar-refractivity contribution in [3.8, 4) is 0 Å². The van der Waals surface area contributed by atoms with Crippen LogP contribution in [0.2, 0.25) is 0 Å². The lowest BCUT2D eigenvalue weighted by molar-refractivity contribution is -0.265. The molecule has 0 aromatic heterocycles. The van der Waals surface area contributed by atoms with E-state index in [9.17, 15) is 19.2 Å². The number of nitrogens with two attached hydrogens (primary N) is 1. The number of fused-ring (bicyclic) bond motifs is 6. The first kappa shape index (κ1) is 19.2. The first-order chi connectivity index (χ1) is 13.7. The minimum atomic E-state index is -1.57. The third kappa shape index (κ3) is 2.82. The normalized spacial score (nSPS) is 28.7. The quantitative estimate of drug-likeness (QED) is 0.440. The SMILES string of the molecule is CC(=O)OC12ON(CC3C1N3C(C)=O)c1cc(C=O)cc(C)c1C2COC(N)=O. The minimum Gasteiger partial charge on any atom is -0.449 e. The molecule has 4 unspecified atom stereocenters. The minimum absolute atomic E-state index is 0.187. The summed E-state index contributed by atoms with van der Waals surface area (Å²) in [4.78, 5) is 54.6. The predicted octanol–water partition coefficient (Wildman–Crippen LogP) is 0.610. The summed E-state index contributed by atoms with van der Waals surface area (Å²) < 4.78 is 10.8. The van der Waals surface area contributed by atoms with E-state index in [2.05, 4.69) is 0 Å². The van der Waals surface area contributed by atoms with Crippen molar-refractivity contribution in [2.24, 2.45) is 5.73 Å². The highest BCUT2D eigenvalue weighted by atomic mass is 16.8. The van der Waals surface area contributed by atoms with Crippen LogP contribution in [-0.2, 0) is 23.9 Å². The molecule has 2 N–H and O–H groups in total. The van der Waals surface area contributed by atoms with Gasteiger partial charge in [-0.15, -0.1) is 0 Å². The van der Waals surface area contributed by atoms with E-state index >= 15 is 0 Å². The van der Waals surface area contributed by atoms with Crippen LogP contribution in [0.4, 0.5) is 10.5 Å². The lowest BCUT2D eigenvalue weighted by atomic mass is 9.81. The molecule has 4 rings (SSSR count). The van der Waals surface area contributed by atoms with Gasteiger partial charge < -0.3 is 20.1 Å². The molecule has 2 bridgehead atoms. The molecule has 2 saturated heterocycles. The average Bonchev–Trinajstić information content (AvgIpc) is 3.36. The number of ether oxygens (including phenoxy) is 2. The third-order valence-corrected chi connectivity index (χ3v) is 5.64. The number of nitrogens with zero attached hydrogens (tertiary/aromatic N) is 2. The fourth-order valence-corrected chi connectivity index (χ4v) is 4.69. The van der Waals surface area contributed by atoms with Crippen LogP contribution in [0.25, 0.3) is 0 Å². The third-order valence-electron chi connectivity index (χ3n) is 5.64. The summed E-state index contributed by atoms with van der Waals surface area (Å²) in [6.07, 6.45) is -0.261. The van der Waals surface area contributed by atoms with Crippen molar-refractivity contribution in [1.82, 2.24) is 4.90 Å². The smallest absolute Gasteiger partial charge is 0.404 e. The van der Waals surface area contributed by atoms with E-state index in [1.54, 1.807) is 29.0 Å². The highest BCUT2D eigenvalue weighted by molar-refractivity contribution is 5.82. The molecule has 1 aromatic carbocycles. The molecular weight excluding hydrogens is 382 g/mol. The van der Waals surface area contributed by atoms with Gasteiger partial charge in [0.05, 0.1) is 24.2 Å². The summed E-state index contributed by atoms with van der Waals surface area (Å²) in [6.45, 7) is 4.61. The number of hydroxylamine groups is 1. The lowest BCUT2D eigenvalue weighted by Crippen LogP contribution is -2.61. The highest BCUT2D eigenvalue weighted by Crippen LogP contribution is 2.57. The Morgan fingerprint density at radius 1 is 1.34 bits per heavy atom. The van der Waals surface area contributed by atoms with Gasteiger partial charge in [-0.3, -0.25) is 14.4 Å². The molecule has 1 aromatic rings. The van der Waals surface area contributed by atoms with E-state index in [1.807, 2.05) is 0 Å². The highest BCUT2D eigenvalue weighted by Gasteiger charge is 2.73. The van der Waals surface area contributed by atoms with E-state index in [0.29, 0.717) is 23.4 Å². The Labute approximate surface area is 166 Å². The zero-order chi connectivity index (χ0) is 21.1. The maximum atomic E-state index is 12.2. The number of amides is 2. The topological polar surface area (TPSA) is 128 Å². The summed E-state index contributed by atoms with van der Waals surface area (Å²) in [5.41, 5.74) is 7.66. The van der Waals surface area contributed by atoms with Crippen LogP contribution in [0.15, 0.2) is 12.1 Å². The molecule has 0 aliphatic carbocycles. The van der Waals surface area contributed by atoms with Gasteiger partial charge in [0.1, 0.15) is 18.9 Å². The first-order valence-electron chi connectivity index (χ1n) is 9.16. The van der Waals surface area contributed by atoms with Crippen molar-refractivity contribution in [3.63, 3.8) is 0 Å². The maximum Gasteiger partial charge on any atom is 0.404 e. The molecule has 10 nitrogen and oxygen atoms in total. The van der Waals surface area contributed by atoms with Gasteiger partial charge in [-0.2, -0.15) is 0 Å². The van der Waals surface area contributed by atoms with Crippen LogP contribution in [0.1, 0.15) is 41.3 Å². The monoisotopic (exact) mass is 403 g/mol. The summed E-state index contributed by atoms with van der Waals surface area (Å²) in [7, 11) is 0. The number of anilines is 1. The lowest BCUT2D eigenvalue weighted by Gasteiger charge is -2.49. The Morgan fingerprint density at radius 2 is 2.07 bits per heavy atom. The Kier molecular flexibility index (Phi) is 4.26. The van der Waals surface area contributed by atoms with Gasteiger partial charge in [0.25, 0.3) is 5.79 Å². The van der Waals surface area contributed by atoms with Crippen molar-refractivity contribution in [1.29, 1.82) is 0 Å². The number of carbonyl (C=O) groups is 4. The largest absolute Gasteiger partial charge is 0.449 e. The van der Waals surface area contributed by atoms with Crippen molar-refractivity contribution in [2.75, 3.05) is 18.2 Å². The van der Waals surface area contributed by atoms with Crippen LogP contribution < -0.4 is 10.8 Å². The number of aryl methyl sites for hydroxylation is 1. The fourth-order valence-electron chi connectivity index (χ4n) is 4.69.